The van der Waals surface area contributed by atoms with Gasteiger partial charge in [0.15, 0.2) is 0 Å². The Morgan fingerprint density at radius 2 is 0.336 bits per heavy atom. The fourth-order valence-corrected chi connectivity index (χ4v) is 20.1. The minimum absolute atomic E-state index is 0.134. The maximum absolute atomic E-state index is 2.67. The summed E-state index contributed by atoms with van der Waals surface area (Å²) < 4.78 is 0. The SMILES string of the molecule is Cc1ccc(N2c3ccc(C)cc3B3c4cc(C(C)(c5ccc6c(c5)B5c7cc(C)ccc7N(c7ccc(C)cc7)c7cc(C)cc(c75)N6c5ccc(C)cc5)c5ccc6c(c5)B5c7cc(C)ccc7N(c7ccc(C)cc7)c7cc(C)cc(c75)N6c5ccc(C)cc5)ccc4N(c4ccc(C)cc4)c4cc(C)cc2c43)cc1. The maximum atomic E-state index is 2.67. The van der Waals surface area contributed by atoms with E-state index in [-0.39, 0.29) is 20.1 Å². The van der Waals surface area contributed by atoms with Crippen molar-refractivity contribution < 1.29 is 0 Å². The van der Waals surface area contributed by atoms with Gasteiger partial charge in [0.25, 0.3) is 20.1 Å². The maximum Gasteiger partial charge on any atom is 0.252 e. The van der Waals surface area contributed by atoms with Crippen molar-refractivity contribution in [1.82, 2.24) is 0 Å². The summed E-state index contributed by atoms with van der Waals surface area (Å²) in [6.45, 7) is 29.0. The number of aryl methyl sites for hydroxylation is 12. The van der Waals surface area contributed by atoms with Gasteiger partial charge < -0.3 is 29.4 Å². The number of nitrogens with zero attached hydrogens (tertiary/aromatic N) is 6. The molecule has 0 spiro atoms. The number of rotatable bonds is 9. The molecule has 6 aliphatic heterocycles. The summed E-state index contributed by atoms with van der Waals surface area (Å²) in [5.74, 6) is 0. The Hall–Kier alpha value is -12.7. The summed E-state index contributed by atoms with van der Waals surface area (Å²) in [6, 6.07) is 114. The van der Waals surface area contributed by atoms with Gasteiger partial charge >= 0.3 is 0 Å². The minimum atomic E-state index is -0.839. The molecule has 6 nitrogen and oxygen atoms in total. The van der Waals surface area contributed by atoms with Crippen molar-refractivity contribution in [2.75, 3.05) is 29.4 Å². The van der Waals surface area contributed by atoms with Gasteiger partial charge in [0.1, 0.15) is 0 Å². The second-order valence-corrected chi connectivity index (χ2v) is 33.6. The van der Waals surface area contributed by atoms with Crippen LogP contribution in [0.4, 0.5) is 102 Å². The Bertz CT molecular complexity index is 5830. The highest BCUT2D eigenvalue weighted by Gasteiger charge is 2.50. The Balaban J connectivity index is 0.866. The number of anilines is 18. The lowest BCUT2D eigenvalue weighted by Gasteiger charge is -2.46. The normalized spacial score (nSPS) is 13.7. The van der Waals surface area contributed by atoms with Gasteiger partial charge in [0, 0.05) is 108 Å². The van der Waals surface area contributed by atoms with Crippen LogP contribution in [-0.4, -0.2) is 20.1 Å². The summed E-state index contributed by atoms with van der Waals surface area (Å²) in [7, 11) is 0. The van der Waals surface area contributed by atoms with Crippen LogP contribution in [0.5, 0.6) is 0 Å². The second-order valence-electron chi connectivity index (χ2n) is 33.6. The largest absolute Gasteiger partial charge is 0.311 e. The van der Waals surface area contributed by atoms with Crippen molar-refractivity contribution in [2.45, 2.75) is 95.4 Å². The third kappa shape index (κ3) is 10.5. The average molecular weight is 1450 g/mol. The number of fused-ring (bicyclic) bond motifs is 12. The molecule has 113 heavy (non-hydrogen) atoms. The molecule has 0 aromatic heterocycles. The molecule has 0 saturated heterocycles. The van der Waals surface area contributed by atoms with Crippen molar-refractivity contribution in [3.63, 3.8) is 0 Å². The van der Waals surface area contributed by atoms with Crippen LogP contribution < -0.4 is 78.6 Å². The molecule has 6 aliphatic rings. The minimum Gasteiger partial charge on any atom is -0.311 e. The zero-order chi connectivity index (χ0) is 76.9. The molecule has 0 N–H and O–H groups in total. The van der Waals surface area contributed by atoms with E-state index in [1.54, 1.807) is 0 Å². The quantitative estimate of drug-likeness (QED) is 0.105. The topological polar surface area (TPSA) is 19.4 Å². The molecule has 9 heteroatoms. The van der Waals surface area contributed by atoms with Crippen molar-refractivity contribution in [3.8, 4) is 0 Å². The molecule has 0 aliphatic carbocycles. The lowest BCUT2D eigenvalue weighted by atomic mass is 9.32. The molecule has 15 aromatic carbocycles. The van der Waals surface area contributed by atoms with Gasteiger partial charge in [-0.05, 0) is 318 Å². The monoisotopic (exact) mass is 1450 g/mol. The zero-order valence-electron chi connectivity index (χ0n) is 66.6. The summed E-state index contributed by atoms with van der Waals surface area (Å²) in [5, 5.41) is 0. The number of hydrogen-bond acceptors (Lipinski definition) is 6. The van der Waals surface area contributed by atoms with Crippen molar-refractivity contribution in [3.05, 3.63) is 375 Å². The van der Waals surface area contributed by atoms with Crippen molar-refractivity contribution >= 4 is 172 Å². The Kier molecular flexibility index (Phi) is 15.4. The van der Waals surface area contributed by atoms with Crippen LogP contribution in [0.25, 0.3) is 0 Å². The van der Waals surface area contributed by atoms with Crippen LogP contribution in [0.15, 0.2) is 291 Å². The Morgan fingerprint density at radius 1 is 0.168 bits per heavy atom. The van der Waals surface area contributed by atoms with Gasteiger partial charge in [0.05, 0.1) is 0 Å². The molecule has 0 amide bonds. The van der Waals surface area contributed by atoms with Crippen LogP contribution in [0, 0.1) is 83.1 Å². The molecule has 15 aromatic rings. The third-order valence-corrected chi connectivity index (χ3v) is 25.6. The molecule has 21 rings (SSSR count). The van der Waals surface area contributed by atoms with Crippen LogP contribution in [-0.2, 0) is 5.41 Å². The Labute approximate surface area is 666 Å². The summed E-state index contributed by atoms with van der Waals surface area (Å²) in [4.78, 5) is 15.4. The molecule has 0 radical (unpaired) electrons. The molecule has 542 valence electrons. The van der Waals surface area contributed by atoms with Gasteiger partial charge in [0.2, 0.25) is 0 Å². The van der Waals surface area contributed by atoms with Crippen LogP contribution in [0.1, 0.15) is 90.4 Å². The van der Waals surface area contributed by atoms with E-state index in [1.165, 1.54) is 201 Å². The number of benzene rings is 15. The first kappa shape index (κ1) is 68.3. The first-order chi connectivity index (χ1) is 54.8. The molecular formula is C104H87B3N6. The highest BCUT2D eigenvalue weighted by atomic mass is 15.2. The predicted molar refractivity (Wildman–Crippen MR) is 484 cm³/mol. The van der Waals surface area contributed by atoms with Gasteiger partial charge in [-0.1, -0.05) is 196 Å². The number of hydrogen-bond donors (Lipinski definition) is 0. The van der Waals surface area contributed by atoms with E-state index < -0.39 is 5.41 Å². The molecule has 0 fully saturated rings. The summed E-state index contributed by atoms with van der Waals surface area (Å²) in [5.41, 5.74) is 50.4. The lowest BCUT2D eigenvalue weighted by Crippen LogP contribution is -2.62. The van der Waals surface area contributed by atoms with Crippen LogP contribution >= 0.6 is 0 Å². The van der Waals surface area contributed by atoms with E-state index in [2.05, 4.69) is 411 Å². The summed E-state index contributed by atoms with van der Waals surface area (Å²) in [6.07, 6.45) is 0. The molecular weight excluding hydrogens is 1370 g/mol. The van der Waals surface area contributed by atoms with E-state index >= 15 is 0 Å². The van der Waals surface area contributed by atoms with Gasteiger partial charge in [-0.15, -0.1) is 0 Å². The van der Waals surface area contributed by atoms with Crippen molar-refractivity contribution in [1.29, 1.82) is 0 Å². The molecule has 6 heterocycles. The first-order valence-electron chi connectivity index (χ1n) is 40.2. The van der Waals surface area contributed by atoms with E-state index in [4.69, 9.17) is 0 Å². The van der Waals surface area contributed by atoms with Gasteiger partial charge in [-0.2, -0.15) is 0 Å². The lowest BCUT2D eigenvalue weighted by molar-refractivity contribution is 0.694. The molecule has 0 bridgehead atoms. The van der Waals surface area contributed by atoms with Gasteiger partial charge in [-0.3, -0.25) is 0 Å². The second kappa shape index (κ2) is 25.4. The highest BCUT2D eigenvalue weighted by molar-refractivity contribution is 7.02. The van der Waals surface area contributed by atoms with E-state index in [1.807, 2.05) is 0 Å². The zero-order valence-corrected chi connectivity index (χ0v) is 66.6. The standard InChI is InChI=1S/C104H87B3N6/c1-62-14-32-77(33-15-62)108-89-44-26-68(7)50-83(89)105-86-59-74(29-47-92(86)111(80-38-20-65(4)21-39-80)98-56-71(10)53-95(108)101(98)105)104(13,75-30-48-93-87(60-75)106-84-51-69(8)27-45-90(84)109(78-34-16-63(2)17-35-78)96-54-72(11)57-99(102(96)106)112(93)81-40-22-66(5)23-41-81)76-31-49-94-88(61-76)107-85-52-70(9)28-46-91(85)110(79-36-18-64(3)19-37-79)97-55-73(12)58-100(103(97)107)113(94)82-42-24-67(6)25-43-82/h14-61H,1-13H3. The van der Waals surface area contributed by atoms with Crippen LogP contribution in [0.3, 0.4) is 0 Å². The molecule has 0 saturated carbocycles. The highest BCUT2D eigenvalue weighted by Crippen LogP contribution is 2.52. The fraction of sp³-hybridized carbons (Fsp3) is 0.135. The van der Waals surface area contributed by atoms with Crippen molar-refractivity contribution in [2.24, 2.45) is 0 Å². The van der Waals surface area contributed by atoms with Crippen LogP contribution in [0.2, 0.25) is 0 Å². The predicted octanol–water partition coefficient (Wildman–Crippen LogP) is 21.0. The molecule has 0 unspecified atom stereocenters. The average Bonchev–Trinajstić information content (AvgIpc) is 0.702. The summed E-state index contributed by atoms with van der Waals surface area (Å²) >= 11 is 0. The van der Waals surface area contributed by atoms with E-state index in [0.717, 1.165) is 34.1 Å². The van der Waals surface area contributed by atoms with Gasteiger partial charge in [-0.25, -0.2) is 0 Å². The fourth-order valence-electron chi connectivity index (χ4n) is 20.1. The molecule has 0 atom stereocenters. The smallest absolute Gasteiger partial charge is 0.252 e. The van der Waals surface area contributed by atoms with E-state index in [9.17, 15) is 0 Å². The van der Waals surface area contributed by atoms with E-state index in [0.29, 0.717) is 0 Å². The third-order valence-electron chi connectivity index (χ3n) is 25.6. The first-order valence-corrected chi connectivity index (χ1v) is 40.2. The Morgan fingerprint density at radius 3 is 0.531 bits per heavy atom.